The van der Waals surface area contributed by atoms with E-state index < -0.39 is 0 Å². The third-order valence-electron chi connectivity index (χ3n) is 3.82. The maximum atomic E-state index is 11.4. The van der Waals surface area contributed by atoms with Crippen LogP contribution in [-0.4, -0.2) is 33.9 Å². The second-order valence-electron chi connectivity index (χ2n) is 5.53. The van der Waals surface area contributed by atoms with Gasteiger partial charge in [-0.2, -0.15) is 0 Å². The minimum atomic E-state index is -0.0519. The fourth-order valence-electron chi connectivity index (χ4n) is 2.55. The molecule has 3 rings (SSSR count). The molecule has 1 N–H and O–H groups in total. The highest BCUT2D eigenvalue weighted by Gasteiger charge is 2.17. The van der Waals surface area contributed by atoms with Crippen LogP contribution in [0.4, 0.5) is 0 Å². The van der Waals surface area contributed by atoms with Crippen molar-refractivity contribution in [2.24, 2.45) is 0 Å². The van der Waals surface area contributed by atoms with Crippen molar-refractivity contribution in [3.05, 3.63) is 47.8 Å². The van der Waals surface area contributed by atoms with Crippen molar-refractivity contribution in [3.8, 4) is 0 Å². The molecule has 5 nitrogen and oxygen atoms in total. The molecule has 0 aliphatic heterocycles. The third kappa shape index (κ3) is 4.00. The Kier molecular flexibility index (Phi) is 5.59. The molecule has 24 heavy (non-hydrogen) atoms. The molecule has 1 aromatic rings. The molecule has 0 fully saturated rings. The number of rotatable bonds is 5. The lowest BCUT2D eigenvalue weighted by Crippen LogP contribution is -2.20. The van der Waals surface area contributed by atoms with Crippen molar-refractivity contribution in [3.63, 3.8) is 0 Å². The smallest absolute Gasteiger partial charge is 0.230 e. The van der Waals surface area contributed by atoms with E-state index in [1.54, 1.807) is 7.05 Å². The van der Waals surface area contributed by atoms with Crippen LogP contribution in [0.1, 0.15) is 37.1 Å². The van der Waals surface area contributed by atoms with E-state index in [0.717, 1.165) is 48.2 Å². The van der Waals surface area contributed by atoms with Gasteiger partial charge in [0.25, 0.3) is 0 Å². The van der Waals surface area contributed by atoms with E-state index in [0.29, 0.717) is 5.16 Å². The van der Waals surface area contributed by atoms with Crippen molar-refractivity contribution in [1.82, 2.24) is 20.5 Å². The summed E-state index contributed by atoms with van der Waals surface area (Å²) in [7, 11) is 1.62. The van der Waals surface area contributed by atoms with Gasteiger partial charge in [-0.3, -0.25) is 4.79 Å². The topological polar surface area (TPSA) is 67.8 Å². The van der Waals surface area contributed by atoms with Crippen LogP contribution in [-0.2, 0) is 4.79 Å². The van der Waals surface area contributed by atoms with E-state index in [4.69, 9.17) is 4.98 Å². The third-order valence-corrected chi connectivity index (χ3v) is 4.65. The second-order valence-corrected chi connectivity index (χ2v) is 6.47. The molecule has 2 aliphatic carbocycles. The van der Waals surface area contributed by atoms with Crippen molar-refractivity contribution in [2.45, 2.75) is 30.8 Å². The summed E-state index contributed by atoms with van der Waals surface area (Å²) in [4.78, 5) is 16.1. The minimum absolute atomic E-state index is 0.0519. The Morgan fingerprint density at radius 3 is 2.29 bits per heavy atom. The molecule has 2 aliphatic rings. The van der Waals surface area contributed by atoms with Gasteiger partial charge in [0.2, 0.25) is 11.1 Å². The van der Waals surface area contributed by atoms with Gasteiger partial charge in [0.05, 0.1) is 5.75 Å². The first kappa shape index (κ1) is 16.6. The molecule has 0 atom stereocenters. The van der Waals surface area contributed by atoms with Crippen molar-refractivity contribution in [1.29, 1.82) is 0 Å². The lowest BCUT2D eigenvalue weighted by Gasteiger charge is -2.13. The summed E-state index contributed by atoms with van der Waals surface area (Å²) in [5.41, 5.74) is 3.80. The molecule has 0 spiro atoms. The first-order valence-electron chi connectivity index (χ1n) is 8.10. The van der Waals surface area contributed by atoms with E-state index in [1.165, 1.54) is 11.8 Å². The SMILES string of the molecule is CNC(=O)CSc1nnc(C2=CCCC=C2)c(C2=CCCC=C2)n1. The summed E-state index contributed by atoms with van der Waals surface area (Å²) in [6.45, 7) is 0. The zero-order valence-electron chi connectivity index (χ0n) is 13.7. The van der Waals surface area contributed by atoms with Gasteiger partial charge < -0.3 is 5.32 Å². The Bertz CT molecular complexity index is 749. The fourth-order valence-corrected chi connectivity index (χ4v) is 3.21. The van der Waals surface area contributed by atoms with Gasteiger partial charge in [-0.1, -0.05) is 48.2 Å². The average molecular weight is 340 g/mol. The van der Waals surface area contributed by atoms with Gasteiger partial charge in [0.15, 0.2) is 0 Å². The zero-order valence-corrected chi connectivity index (χ0v) is 14.5. The molecule has 0 radical (unpaired) electrons. The van der Waals surface area contributed by atoms with E-state index in [-0.39, 0.29) is 11.7 Å². The summed E-state index contributed by atoms with van der Waals surface area (Å²) >= 11 is 1.30. The van der Waals surface area contributed by atoms with E-state index in [9.17, 15) is 4.79 Å². The maximum absolute atomic E-state index is 11.4. The molecular weight excluding hydrogens is 320 g/mol. The molecule has 0 aromatic carbocycles. The maximum Gasteiger partial charge on any atom is 0.230 e. The number of carbonyl (C=O) groups excluding carboxylic acids is 1. The number of carbonyl (C=O) groups is 1. The first-order valence-corrected chi connectivity index (χ1v) is 9.08. The Morgan fingerprint density at radius 2 is 1.71 bits per heavy atom. The van der Waals surface area contributed by atoms with Gasteiger partial charge in [0.1, 0.15) is 11.4 Å². The number of amides is 1. The monoisotopic (exact) mass is 340 g/mol. The van der Waals surface area contributed by atoms with Crippen LogP contribution in [0.2, 0.25) is 0 Å². The number of hydrogen-bond donors (Lipinski definition) is 1. The van der Waals surface area contributed by atoms with Crippen LogP contribution in [0.15, 0.2) is 41.6 Å². The Labute approximate surface area is 146 Å². The second kappa shape index (κ2) is 8.06. The normalized spacial score (nSPS) is 16.5. The van der Waals surface area contributed by atoms with Crippen LogP contribution >= 0.6 is 11.8 Å². The fraction of sp³-hybridized carbons (Fsp3) is 0.333. The summed E-state index contributed by atoms with van der Waals surface area (Å²) in [6.07, 6.45) is 17.0. The zero-order chi connectivity index (χ0) is 16.8. The number of thioether (sulfide) groups is 1. The molecule has 1 aromatic heterocycles. The average Bonchev–Trinajstić information content (AvgIpc) is 2.67. The van der Waals surface area contributed by atoms with Crippen LogP contribution in [0.25, 0.3) is 11.1 Å². The number of allylic oxidation sites excluding steroid dienone is 8. The van der Waals surface area contributed by atoms with Crippen molar-refractivity contribution in [2.75, 3.05) is 12.8 Å². The van der Waals surface area contributed by atoms with E-state index >= 15 is 0 Å². The molecule has 124 valence electrons. The summed E-state index contributed by atoms with van der Waals surface area (Å²) in [6, 6.07) is 0. The van der Waals surface area contributed by atoms with Gasteiger partial charge in [-0.05, 0) is 36.8 Å². The Balaban J connectivity index is 1.94. The summed E-state index contributed by atoms with van der Waals surface area (Å²) in [5.74, 6) is 0.234. The molecular formula is C18H20N4OS. The number of nitrogens with zero attached hydrogens (tertiary/aromatic N) is 3. The van der Waals surface area contributed by atoms with E-state index in [1.807, 2.05) is 0 Å². The summed E-state index contributed by atoms with van der Waals surface area (Å²) in [5, 5.41) is 11.8. The first-order chi connectivity index (χ1) is 11.8. The van der Waals surface area contributed by atoms with Crippen LogP contribution in [0, 0.1) is 0 Å². The molecule has 1 heterocycles. The molecule has 0 unspecified atom stereocenters. The van der Waals surface area contributed by atoms with Crippen molar-refractivity contribution < 1.29 is 4.79 Å². The predicted octanol–water partition coefficient (Wildman–Crippen LogP) is 3.18. The predicted molar refractivity (Wildman–Crippen MR) is 97.3 cm³/mol. The van der Waals surface area contributed by atoms with Crippen molar-refractivity contribution >= 4 is 28.8 Å². The Morgan fingerprint density at radius 1 is 1.04 bits per heavy atom. The highest BCUT2D eigenvalue weighted by atomic mass is 32.2. The largest absolute Gasteiger partial charge is 0.358 e. The van der Waals surface area contributed by atoms with Gasteiger partial charge in [-0.15, -0.1) is 10.2 Å². The lowest BCUT2D eigenvalue weighted by molar-refractivity contribution is -0.118. The number of nitrogens with one attached hydrogen (secondary N) is 1. The molecule has 0 saturated heterocycles. The van der Waals surface area contributed by atoms with Gasteiger partial charge >= 0.3 is 0 Å². The van der Waals surface area contributed by atoms with Crippen LogP contribution in [0.5, 0.6) is 0 Å². The highest BCUT2D eigenvalue weighted by molar-refractivity contribution is 7.99. The van der Waals surface area contributed by atoms with Gasteiger partial charge in [-0.25, -0.2) is 4.98 Å². The Hall–Kier alpha value is -2.21. The standard InChI is InChI=1S/C18H20N4OS/c1-19-15(23)12-24-18-20-16(13-8-4-2-5-9-13)17(21-22-18)14-10-6-3-7-11-14/h4,6,8-11H,2-3,5,7,12H2,1H3,(H,19,23). The molecule has 6 heteroatoms. The highest BCUT2D eigenvalue weighted by Crippen LogP contribution is 2.29. The van der Waals surface area contributed by atoms with E-state index in [2.05, 4.69) is 52.0 Å². The minimum Gasteiger partial charge on any atom is -0.358 e. The number of hydrogen-bond acceptors (Lipinski definition) is 5. The molecule has 0 bridgehead atoms. The lowest BCUT2D eigenvalue weighted by atomic mass is 9.97. The summed E-state index contributed by atoms with van der Waals surface area (Å²) < 4.78 is 0. The van der Waals surface area contributed by atoms with Crippen LogP contribution in [0.3, 0.4) is 0 Å². The number of aromatic nitrogens is 3. The van der Waals surface area contributed by atoms with Gasteiger partial charge in [0, 0.05) is 7.05 Å². The molecule has 0 saturated carbocycles. The van der Waals surface area contributed by atoms with Crippen LogP contribution < -0.4 is 5.32 Å². The quantitative estimate of drug-likeness (QED) is 0.834. The molecule has 1 amide bonds.